The van der Waals surface area contributed by atoms with Gasteiger partial charge in [-0.3, -0.25) is 4.79 Å². The zero-order valence-corrected chi connectivity index (χ0v) is 11.5. The van der Waals surface area contributed by atoms with Crippen molar-refractivity contribution in [3.63, 3.8) is 0 Å². The summed E-state index contributed by atoms with van der Waals surface area (Å²) in [5.41, 5.74) is 4.47. The summed E-state index contributed by atoms with van der Waals surface area (Å²) in [6, 6.07) is 16.1. The third kappa shape index (κ3) is 2.39. The maximum Gasteiger partial charge on any atom is 0.303 e. The largest absolute Gasteiger partial charge is 0.453 e. The second-order valence-corrected chi connectivity index (χ2v) is 4.16. The van der Waals surface area contributed by atoms with Crippen LogP contribution in [0.1, 0.15) is 38.0 Å². The molecule has 0 N–H and O–H groups in total. The Morgan fingerprint density at radius 1 is 0.895 bits per heavy atom. The lowest BCUT2D eigenvalue weighted by Gasteiger charge is -2.13. The minimum Gasteiger partial charge on any atom is -0.453 e. The topological polar surface area (TPSA) is 26.3 Å². The lowest BCUT2D eigenvalue weighted by molar-refractivity contribution is -0.144. The Morgan fingerprint density at radius 3 is 1.74 bits per heavy atom. The van der Waals surface area contributed by atoms with E-state index in [4.69, 9.17) is 4.74 Å². The molecule has 3 rings (SSSR count). The van der Waals surface area contributed by atoms with Crippen LogP contribution in [0.2, 0.25) is 0 Å². The van der Waals surface area contributed by atoms with E-state index in [0.717, 1.165) is 22.3 Å². The molecule has 0 unspecified atom stereocenters. The lowest BCUT2D eigenvalue weighted by Crippen LogP contribution is -2.06. The molecule has 0 saturated heterocycles. The standard InChI is InChI=1S/C15H12O2.C2H6/c1-10(16)17-15-13-8-4-2-6-11(13)12-7-3-5-9-14(12)15;1-2/h2-9,15H,1H3;1-2H3. The molecule has 2 aromatic carbocycles. The zero-order valence-electron chi connectivity index (χ0n) is 11.5. The molecule has 0 saturated carbocycles. The van der Waals surface area contributed by atoms with Gasteiger partial charge in [-0.25, -0.2) is 0 Å². The molecule has 0 aliphatic heterocycles. The Labute approximate surface area is 114 Å². The highest BCUT2D eigenvalue weighted by Crippen LogP contribution is 2.44. The van der Waals surface area contributed by atoms with Crippen LogP contribution in [0.25, 0.3) is 11.1 Å². The summed E-state index contributed by atoms with van der Waals surface area (Å²) in [6.45, 7) is 5.45. The average molecular weight is 254 g/mol. The maximum absolute atomic E-state index is 11.2. The molecule has 2 heteroatoms. The van der Waals surface area contributed by atoms with Crippen molar-refractivity contribution in [2.24, 2.45) is 0 Å². The van der Waals surface area contributed by atoms with Gasteiger partial charge in [-0.05, 0) is 11.1 Å². The van der Waals surface area contributed by atoms with Crippen molar-refractivity contribution in [1.82, 2.24) is 0 Å². The molecule has 1 aliphatic rings. The Morgan fingerprint density at radius 2 is 1.32 bits per heavy atom. The van der Waals surface area contributed by atoms with Crippen LogP contribution in [0, 0.1) is 0 Å². The molecule has 0 aromatic heterocycles. The van der Waals surface area contributed by atoms with E-state index in [1.165, 1.54) is 6.92 Å². The van der Waals surface area contributed by atoms with Crippen LogP contribution in [0.4, 0.5) is 0 Å². The Bertz CT molecular complexity index is 542. The van der Waals surface area contributed by atoms with Gasteiger partial charge in [0.1, 0.15) is 0 Å². The molecule has 2 nitrogen and oxygen atoms in total. The van der Waals surface area contributed by atoms with Gasteiger partial charge in [0.2, 0.25) is 0 Å². The molecule has 2 aromatic rings. The van der Waals surface area contributed by atoms with Gasteiger partial charge in [0.15, 0.2) is 6.10 Å². The van der Waals surface area contributed by atoms with Crippen LogP contribution in [0.3, 0.4) is 0 Å². The van der Waals surface area contributed by atoms with Crippen molar-refractivity contribution in [2.75, 3.05) is 0 Å². The van der Waals surface area contributed by atoms with Gasteiger partial charge in [-0.1, -0.05) is 62.4 Å². The predicted molar refractivity (Wildman–Crippen MR) is 76.8 cm³/mol. The first-order chi connectivity index (χ1) is 9.27. The average Bonchev–Trinajstić information content (AvgIpc) is 2.76. The minimum atomic E-state index is -0.250. The number of hydrogen-bond donors (Lipinski definition) is 0. The first-order valence-electron chi connectivity index (χ1n) is 6.63. The molecule has 19 heavy (non-hydrogen) atoms. The number of rotatable bonds is 1. The summed E-state index contributed by atoms with van der Waals surface area (Å²) >= 11 is 0. The van der Waals surface area contributed by atoms with E-state index >= 15 is 0 Å². The van der Waals surface area contributed by atoms with Crippen molar-refractivity contribution in [1.29, 1.82) is 0 Å². The van der Waals surface area contributed by atoms with E-state index in [9.17, 15) is 4.79 Å². The van der Waals surface area contributed by atoms with Gasteiger partial charge in [0, 0.05) is 18.1 Å². The fourth-order valence-corrected chi connectivity index (χ4v) is 2.40. The molecular formula is C17H18O2. The highest BCUT2D eigenvalue weighted by Gasteiger charge is 2.29. The molecule has 98 valence electrons. The van der Waals surface area contributed by atoms with Gasteiger partial charge in [-0.2, -0.15) is 0 Å². The number of carbonyl (C=O) groups excluding carboxylic acids is 1. The smallest absolute Gasteiger partial charge is 0.303 e. The molecule has 0 bridgehead atoms. The number of fused-ring (bicyclic) bond motifs is 3. The van der Waals surface area contributed by atoms with Crippen LogP contribution in [0.5, 0.6) is 0 Å². The normalized spacial score (nSPS) is 11.9. The van der Waals surface area contributed by atoms with E-state index in [2.05, 4.69) is 12.1 Å². The number of carbonyl (C=O) groups is 1. The fraction of sp³-hybridized carbons (Fsp3) is 0.235. The van der Waals surface area contributed by atoms with Crippen LogP contribution in [0.15, 0.2) is 48.5 Å². The summed E-state index contributed by atoms with van der Waals surface area (Å²) in [5.74, 6) is -0.249. The van der Waals surface area contributed by atoms with Crippen molar-refractivity contribution < 1.29 is 9.53 Å². The first kappa shape index (κ1) is 13.3. The Hall–Kier alpha value is -2.09. The molecule has 0 heterocycles. The SMILES string of the molecule is CC.CC(=O)OC1c2ccccc2-c2ccccc21. The number of ether oxygens (including phenoxy) is 1. The van der Waals surface area contributed by atoms with Gasteiger partial charge in [0.25, 0.3) is 0 Å². The van der Waals surface area contributed by atoms with E-state index in [-0.39, 0.29) is 12.1 Å². The minimum absolute atomic E-state index is 0.249. The Kier molecular flexibility index (Phi) is 4.00. The van der Waals surface area contributed by atoms with Crippen LogP contribution < -0.4 is 0 Å². The third-order valence-electron chi connectivity index (χ3n) is 3.06. The highest BCUT2D eigenvalue weighted by molar-refractivity contribution is 5.79. The molecular weight excluding hydrogens is 236 g/mol. The zero-order chi connectivity index (χ0) is 13.8. The first-order valence-corrected chi connectivity index (χ1v) is 6.63. The monoisotopic (exact) mass is 254 g/mol. The molecule has 0 atom stereocenters. The molecule has 1 aliphatic carbocycles. The summed E-state index contributed by atoms with van der Waals surface area (Å²) < 4.78 is 5.43. The van der Waals surface area contributed by atoms with E-state index in [1.807, 2.05) is 50.2 Å². The number of esters is 1. The lowest BCUT2D eigenvalue weighted by atomic mass is 10.1. The van der Waals surface area contributed by atoms with E-state index in [1.54, 1.807) is 0 Å². The predicted octanol–water partition coefficient (Wildman–Crippen LogP) is 4.35. The molecule has 0 fully saturated rings. The second kappa shape index (κ2) is 5.70. The quantitative estimate of drug-likeness (QED) is 0.707. The molecule has 0 radical (unpaired) electrons. The van der Waals surface area contributed by atoms with E-state index < -0.39 is 0 Å². The van der Waals surface area contributed by atoms with Crippen molar-refractivity contribution in [3.8, 4) is 11.1 Å². The van der Waals surface area contributed by atoms with Crippen molar-refractivity contribution in [2.45, 2.75) is 26.9 Å². The van der Waals surface area contributed by atoms with Crippen LogP contribution >= 0.6 is 0 Å². The van der Waals surface area contributed by atoms with Gasteiger partial charge in [0.05, 0.1) is 0 Å². The molecule has 0 amide bonds. The van der Waals surface area contributed by atoms with Gasteiger partial charge < -0.3 is 4.74 Å². The van der Waals surface area contributed by atoms with Gasteiger partial charge in [-0.15, -0.1) is 0 Å². The summed E-state index contributed by atoms with van der Waals surface area (Å²) in [6.07, 6.45) is -0.250. The van der Waals surface area contributed by atoms with Crippen LogP contribution in [-0.2, 0) is 9.53 Å². The molecule has 0 spiro atoms. The van der Waals surface area contributed by atoms with Crippen molar-refractivity contribution in [3.05, 3.63) is 59.7 Å². The van der Waals surface area contributed by atoms with Crippen molar-refractivity contribution >= 4 is 5.97 Å². The summed E-state index contributed by atoms with van der Waals surface area (Å²) in [7, 11) is 0. The van der Waals surface area contributed by atoms with E-state index in [0.29, 0.717) is 0 Å². The second-order valence-electron chi connectivity index (χ2n) is 4.16. The summed E-state index contributed by atoms with van der Waals surface area (Å²) in [5, 5.41) is 0. The fourth-order valence-electron chi connectivity index (χ4n) is 2.40. The highest BCUT2D eigenvalue weighted by atomic mass is 16.5. The Balaban J connectivity index is 0.000000637. The third-order valence-corrected chi connectivity index (χ3v) is 3.06. The maximum atomic E-state index is 11.2. The van der Waals surface area contributed by atoms with Crippen LogP contribution in [-0.4, -0.2) is 5.97 Å². The summed E-state index contributed by atoms with van der Waals surface area (Å²) in [4.78, 5) is 11.2. The number of hydrogen-bond acceptors (Lipinski definition) is 2. The van der Waals surface area contributed by atoms with Gasteiger partial charge >= 0.3 is 5.97 Å². The number of benzene rings is 2.